The van der Waals surface area contributed by atoms with Crippen LogP contribution in [0, 0.1) is 19.8 Å². The molecule has 1 aliphatic rings. The number of aryl methyl sites for hydroxylation is 2. The first kappa shape index (κ1) is 23.7. The second kappa shape index (κ2) is 9.93. The lowest BCUT2D eigenvalue weighted by Gasteiger charge is -2.33. The number of ether oxygens (including phenoxy) is 2. The highest BCUT2D eigenvalue weighted by Crippen LogP contribution is 2.36. The van der Waals surface area contributed by atoms with Crippen molar-refractivity contribution in [2.75, 3.05) is 32.2 Å². The van der Waals surface area contributed by atoms with Gasteiger partial charge in [0.25, 0.3) is 0 Å². The zero-order valence-electron chi connectivity index (χ0n) is 21.1. The minimum absolute atomic E-state index is 0.0173. The van der Waals surface area contributed by atoms with Crippen molar-refractivity contribution in [3.8, 4) is 22.6 Å². The summed E-state index contributed by atoms with van der Waals surface area (Å²) in [6.07, 6.45) is 3.16. The van der Waals surface area contributed by atoms with Crippen molar-refractivity contribution >= 4 is 17.4 Å². The smallest absolute Gasteiger partial charge is 0.223 e. The lowest BCUT2D eigenvalue weighted by Crippen LogP contribution is -2.41. The first-order valence-electron chi connectivity index (χ1n) is 12.1. The Bertz CT molecular complexity index is 1370. The Morgan fingerprint density at radius 2 is 1.89 bits per heavy atom. The van der Waals surface area contributed by atoms with Gasteiger partial charge in [0.05, 0.1) is 32.7 Å². The molecule has 4 aromatic rings. The van der Waals surface area contributed by atoms with Crippen LogP contribution in [0.25, 0.3) is 16.8 Å². The van der Waals surface area contributed by atoms with E-state index in [-0.39, 0.29) is 11.8 Å². The molecular formula is C27H31N5O4. The van der Waals surface area contributed by atoms with E-state index in [2.05, 4.69) is 16.3 Å². The number of furan rings is 1. The molecule has 1 fully saturated rings. The van der Waals surface area contributed by atoms with Crippen molar-refractivity contribution in [1.82, 2.24) is 19.9 Å². The molecule has 0 radical (unpaired) electrons. The molecular weight excluding hydrogens is 458 g/mol. The van der Waals surface area contributed by atoms with Crippen LogP contribution in [0.4, 0.5) is 5.82 Å². The molecule has 0 unspecified atom stereocenters. The van der Waals surface area contributed by atoms with E-state index in [1.807, 2.05) is 48.7 Å². The van der Waals surface area contributed by atoms with Crippen LogP contribution in [0.2, 0.25) is 0 Å². The summed E-state index contributed by atoms with van der Waals surface area (Å²) in [5.41, 5.74) is 4.53. The summed E-state index contributed by atoms with van der Waals surface area (Å²) in [6, 6.07) is 11.6. The second-order valence-corrected chi connectivity index (χ2v) is 9.08. The summed E-state index contributed by atoms with van der Waals surface area (Å²) in [5.74, 6) is 3.14. The number of benzene rings is 1. The predicted molar refractivity (Wildman–Crippen MR) is 136 cm³/mol. The Morgan fingerprint density at radius 3 is 2.58 bits per heavy atom. The molecule has 1 N–H and O–H groups in total. The molecule has 3 aromatic heterocycles. The molecule has 9 heteroatoms. The van der Waals surface area contributed by atoms with Crippen LogP contribution < -0.4 is 19.7 Å². The first-order chi connectivity index (χ1) is 17.5. The summed E-state index contributed by atoms with van der Waals surface area (Å²) >= 11 is 0. The number of nitrogens with zero attached hydrogens (tertiary/aromatic N) is 4. The minimum atomic E-state index is -0.0173. The van der Waals surface area contributed by atoms with E-state index in [4.69, 9.17) is 24.0 Å². The van der Waals surface area contributed by atoms with E-state index in [1.54, 1.807) is 20.5 Å². The maximum Gasteiger partial charge on any atom is 0.223 e. The third-order valence-electron chi connectivity index (χ3n) is 6.75. The summed E-state index contributed by atoms with van der Waals surface area (Å²) in [5, 5.41) is 7.86. The fraction of sp³-hybridized carbons (Fsp3) is 0.370. The van der Waals surface area contributed by atoms with Gasteiger partial charge in [-0.05, 0) is 56.5 Å². The normalized spacial score (nSPS) is 14.3. The molecule has 0 spiro atoms. The van der Waals surface area contributed by atoms with E-state index < -0.39 is 0 Å². The number of hydrogen-bond donors (Lipinski definition) is 1. The number of amides is 1. The van der Waals surface area contributed by atoms with Gasteiger partial charge in [-0.25, -0.2) is 4.98 Å². The maximum atomic E-state index is 12.7. The number of nitrogens with one attached hydrogen (secondary N) is 1. The number of methoxy groups -OCH3 is 2. The molecule has 4 heterocycles. The molecule has 5 rings (SSSR count). The topological polar surface area (TPSA) is 94.1 Å². The van der Waals surface area contributed by atoms with Gasteiger partial charge in [0, 0.05) is 36.3 Å². The molecule has 1 saturated heterocycles. The van der Waals surface area contributed by atoms with Crippen LogP contribution in [0.5, 0.6) is 11.5 Å². The molecule has 0 bridgehead atoms. The predicted octanol–water partition coefficient (Wildman–Crippen LogP) is 4.16. The molecule has 0 saturated carbocycles. The van der Waals surface area contributed by atoms with Gasteiger partial charge < -0.3 is 24.1 Å². The van der Waals surface area contributed by atoms with Crippen molar-refractivity contribution < 1.29 is 18.7 Å². The zero-order chi connectivity index (χ0) is 25.2. The van der Waals surface area contributed by atoms with Crippen molar-refractivity contribution in [2.24, 2.45) is 5.92 Å². The van der Waals surface area contributed by atoms with Gasteiger partial charge in [-0.2, -0.15) is 9.61 Å². The Kier molecular flexibility index (Phi) is 6.54. The average Bonchev–Trinajstić information content (AvgIpc) is 3.53. The Labute approximate surface area is 210 Å². The lowest BCUT2D eigenvalue weighted by molar-refractivity contribution is -0.125. The highest BCUT2D eigenvalue weighted by molar-refractivity contribution is 5.82. The van der Waals surface area contributed by atoms with Crippen molar-refractivity contribution in [3.05, 3.63) is 59.8 Å². The van der Waals surface area contributed by atoms with Gasteiger partial charge in [0.2, 0.25) is 5.91 Å². The van der Waals surface area contributed by atoms with Crippen molar-refractivity contribution in [1.29, 1.82) is 0 Å². The SMILES string of the molecule is COc1ccc(-c2c(C)nn3c(N4CCC(C(=O)NCc5ccco5)CC4)cc(C)nc23)cc1OC. The summed E-state index contributed by atoms with van der Waals surface area (Å²) in [4.78, 5) is 19.8. The third-order valence-corrected chi connectivity index (χ3v) is 6.75. The largest absolute Gasteiger partial charge is 0.493 e. The summed E-state index contributed by atoms with van der Waals surface area (Å²) < 4.78 is 18.2. The number of anilines is 1. The van der Waals surface area contributed by atoms with E-state index in [1.165, 1.54) is 0 Å². The van der Waals surface area contributed by atoms with Gasteiger partial charge in [-0.15, -0.1) is 0 Å². The highest BCUT2D eigenvalue weighted by atomic mass is 16.5. The Balaban J connectivity index is 1.38. The van der Waals surface area contributed by atoms with Crippen LogP contribution in [-0.4, -0.2) is 47.8 Å². The monoisotopic (exact) mass is 489 g/mol. The molecule has 0 aliphatic carbocycles. The van der Waals surface area contributed by atoms with E-state index in [0.717, 1.165) is 65.7 Å². The fourth-order valence-corrected chi connectivity index (χ4v) is 4.88. The van der Waals surface area contributed by atoms with Crippen LogP contribution >= 0.6 is 0 Å². The van der Waals surface area contributed by atoms with Gasteiger partial charge in [-0.1, -0.05) is 6.07 Å². The van der Waals surface area contributed by atoms with Gasteiger partial charge in [-0.3, -0.25) is 4.79 Å². The third kappa shape index (κ3) is 4.48. The quantitative estimate of drug-likeness (QED) is 0.417. The standard InChI is InChI=1S/C27H31N5O4/c1-17-14-24(31-11-9-19(10-12-31)27(33)28-16-21-6-5-13-36-21)32-26(29-17)25(18(2)30-32)20-7-8-22(34-3)23(15-20)35-4/h5-8,13-15,19H,9-12,16H2,1-4H3,(H,28,33). The molecule has 1 amide bonds. The number of aromatic nitrogens is 3. The first-order valence-corrected chi connectivity index (χ1v) is 12.1. The fourth-order valence-electron chi connectivity index (χ4n) is 4.88. The van der Waals surface area contributed by atoms with Crippen LogP contribution in [0.3, 0.4) is 0 Å². The lowest BCUT2D eigenvalue weighted by atomic mass is 9.96. The molecule has 9 nitrogen and oxygen atoms in total. The van der Waals surface area contributed by atoms with Gasteiger partial charge >= 0.3 is 0 Å². The number of rotatable bonds is 7. The Morgan fingerprint density at radius 1 is 1.11 bits per heavy atom. The number of carbonyl (C=O) groups excluding carboxylic acids is 1. The van der Waals surface area contributed by atoms with Crippen LogP contribution in [0.15, 0.2) is 47.1 Å². The Hall–Kier alpha value is -4.01. The molecule has 1 aromatic carbocycles. The van der Waals surface area contributed by atoms with Crippen LogP contribution in [-0.2, 0) is 11.3 Å². The highest BCUT2D eigenvalue weighted by Gasteiger charge is 2.27. The minimum Gasteiger partial charge on any atom is -0.493 e. The van der Waals surface area contributed by atoms with E-state index >= 15 is 0 Å². The van der Waals surface area contributed by atoms with E-state index in [9.17, 15) is 4.79 Å². The van der Waals surface area contributed by atoms with Crippen molar-refractivity contribution in [2.45, 2.75) is 33.2 Å². The van der Waals surface area contributed by atoms with Crippen LogP contribution in [0.1, 0.15) is 30.0 Å². The summed E-state index contributed by atoms with van der Waals surface area (Å²) in [7, 11) is 3.26. The van der Waals surface area contributed by atoms with Gasteiger partial charge in [0.15, 0.2) is 17.1 Å². The number of fused-ring (bicyclic) bond motifs is 1. The zero-order valence-corrected chi connectivity index (χ0v) is 21.1. The number of piperidine rings is 1. The van der Waals surface area contributed by atoms with Gasteiger partial charge in [0.1, 0.15) is 11.6 Å². The molecule has 0 atom stereocenters. The molecule has 188 valence electrons. The molecule has 36 heavy (non-hydrogen) atoms. The van der Waals surface area contributed by atoms with Crippen molar-refractivity contribution in [3.63, 3.8) is 0 Å². The number of carbonyl (C=O) groups is 1. The molecule has 1 aliphatic heterocycles. The summed E-state index contributed by atoms with van der Waals surface area (Å²) in [6.45, 7) is 5.94. The number of hydrogen-bond acceptors (Lipinski definition) is 7. The van der Waals surface area contributed by atoms with E-state index in [0.29, 0.717) is 18.0 Å². The average molecular weight is 490 g/mol. The second-order valence-electron chi connectivity index (χ2n) is 9.08. The maximum absolute atomic E-state index is 12.7.